The number of nitrogens with two attached hydrogens (primary N) is 1. The molecule has 0 saturated carbocycles. The number of H-pyrrole nitrogens is 2. The van der Waals surface area contributed by atoms with Crippen LogP contribution in [-0.4, -0.2) is 19.9 Å². The van der Waals surface area contributed by atoms with Crippen LogP contribution < -0.4 is 11.3 Å². The molecule has 2 aromatic heterocycles. The summed E-state index contributed by atoms with van der Waals surface area (Å²) in [7, 11) is 0. The van der Waals surface area contributed by atoms with Gasteiger partial charge in [-0.2, -0.15) is 4.98 Å². The van der Waals surface area contributed by atoms with E-state index in [4.69, 9.17) is 5.73 Å². The summed E-state index contributed by atoms with van der Waals surface area (Å²) >= 11 is 0. The van der Waals surface area contributed by atoms with Gasteiger partial charge in [-0.25, -0.2) is 4.98 Å². The Hall–Kier alpha value is -1.11. The number of anilines is 1. The molecular weight excluding hydrogens is 343 g/mol. The van der Waals surface area contributed by atoms with Crippen molar-refractivity contribution >= 4 is 17.1 Å². The number of nitrogens with one attached hydrogen (secondary N) is 2. The molecule has 0 amide bonds. The molecule has 0 atom stereocenters. The summed E-state index contributed by atoms with van der Waals surface area (Å²) in [4.78, 5) is 23.5. The molecule has 7 heteroatoms. The molecule has 2 aromatic rings. The maximum atomic E-state index is 11.0. The Morgan fingerprint density at radius 3 is 3.00 bits per heavy atom. The van der Waals surface area contributed by atoms with Crippen LogP contribution in [0.15, 0.2) is 11.1 Å². The molecule has 2 rings (SSSR count). The maximum Gasteiger partial charge on any atom is 0.278 e. The molecule has 0 spiro atoms. The fraction of sp³-hybridized carbons (Fsp3) is 0. The number of hydrogen-bond acceptors (Lipinski definition) is 4. The summed E-state index contributed by atoms with van der Waals surface area (Å²) in [5, 5.41) is 0. The standard InChI is InChI=1S/C5H5N5O.Au/c6-5-9-3-2(4(11)10-5)7-1-8-3;/h1H,(H4,6,7,8,9,10,11);. The number of rotatable bonds is 0. The fourth-order valence-electron chi connectivity index (χ4n) is 0.860. The summed E-state index contributed by atoms with van der Waals surface area (Å²) < 4.78 is 0. The van der Waals surface area contributed by atoms with E-state index >= 15 is 0 Å². The molecule has 4 N–H and O–H groups in total. The first-order chi connectivity index (χ1) is 5.27. The van der Waals surface area contributed by atoms with Crippen LogP contribution in [0.1, 0.15) is 0 Å². The zero-order valence-corrected chi connectivity index (χ0v) is 7.93. The molecule has 0 aliphatic heterocycles. The zero-order valence-electron chi connectivity index (χ0n) is 5.76. The van der Waals surface area contributed by atoms with Crippen molar-refractivity contribution in [2.45, 2.75) is 0 Å². The van der Waals surface area contributed by atoms with Crippen molar-refractivity contribution in [3.63, 3.8) is 0 Å². The predicted molar refractivity (Wildman–Crippen MR) is 38.9 cm³/mol. The average Bonchev–Trinajstić information content (AvgIpc) is 2.34. The van der Waals surface area contributed by atoms with Gasteiger partial charge in [-0.15, -0.1) is 0 Å². The van der Waals surface area contributed by atoms with Crippen LogP contribution in [0.4, 0.5) is 5.95 Å². The van der Waals surface area contributed by atoms with E-state index < -0.39 is 0 Å². The van der Waals surface area contributed by atoms with Crippen molar-refractivity contribution in [2.75, 3.05) is 5.73 Å². The van der Waals surface area contributed by atoms with Gasteiger partial charge in [0.25, 0.3) is 5.56 Å². The summed E-state index contributed by atoms with van der Waals surface area (Å²) in [5.74, 6) is 0.0783. The third-order valence-electron chi connectivity index (χ3n) is 1.31. The van der Waals surface area contributed by atoms with Crippen molar-refractivity contribution < 1.29 is 22.4 Å². The van der Waals surface area contributed by atoms with Gasteiger partial charge in [0.15, 0.2) is 11.2 Å². The molecule has 2 heterocycles. The van der Waals surface area contributed by atoms with Gasteiger partial charge in [0.1, 0.15) is 0 Å². The SMILES string of the molecule is Nc1nc2nc[nH]c2c(=O)[nH]1.[Au]. The number of hydrogen-bond donors (Lipinski definition) is 3. The predicted octanol–water partition coefficient (Wildman–Crippen LogP) is -0.774. The van der Waals surface area contributed by atoms with E-state index in [0.29, 0.717) is 11.2 Å². The molecule has 0 fully saturated rings. The van der Waals surface area contributed by atoms with Gasteiger partial charge in [-0.05, 0) is 0 Å². The van der Waals surface area contributed by atoms with E-state index in [1.165, 1.54) is 6.33 Å². The first-order valence-corrected chi connectivity index (χ1v) is 2.96. The first-order valence-electron chi connectivity index (χ1n) is 2.96. The number of aromatic nitrogens is 4. The Morgan fingerprint density at radius 1 is 1.50 bits per heavy atom. The number of nitrogen functional groups attached to an aromatic ring is 1. The molecule has 0 bridgehead atoms. The van der Waals surface area contributed by atoms with Gasteiger partial charge < -0.3 is 10.7 Å². The van der Waals surface area contributed by atoms with Crippen LogP contribution in [0.25, 0.3) is 11.2 Å². The van der Waals surface area contributed by atoms with Crippen LogP contribution >= 0.6 is 0 Å². The van der Waals surface area contributed by atoms with Crippen LogP contribution in [0.3, 0.4) is 0 Å². The maximum absolute atomic E-state index is 11.0. The van der Waals surface area contributed by atoms with Crippen molar-refractivity contribution in [3.8, 4) is 0 Å². The van der Waals surface area contributed by atoms with Gasteiger partial charge in [-0.3, -0.25) is 9.78 Å². The summed E-state index contributed by atoms with van der Waals surface area (Å²) in [5.41, 5.74) is 5.65. The van der Waals surface area contributed by atoms with Gasteiger partial charge >= 0.3 is 0 Å². The molecule has 0 aliphatic rings. The van der Waals surface area contributed by atoms with Crippen molar-refractivity contribution in [3.05, 3.63) is 16.7 Å². The Bertz CT molecular complexity index is 446. The molecule has 0 aromatic carbocycles. The second-order valence-electron chi connectivity index (χ2n) is 2.05. The minimum absolute atomic E-state index is 0. The topological polar surface area (TPSA) is 100 Å². The summed E-state index contributed by atoms with van der Waals surface area (Å²) in [6.45, 7) is 0. The van der Waals surface area contributed by atoms with Crippen molar-refractivity contribution in [1.82, 2.24) is 19.9 Å². The molecule has 67 valence electrons. The van der Waals surface area contributed by atoms with E-state index in [2.05, 4.69) is 19.9 Å². The van der Waals surface area contributed by atoms with Crippen LogP contribution in [0.2, 0.25) is 0 Å². The average molecular weight is 348 g/mol. The monoisotopic (exact) mass is 348 g/mol. The smallest absolute Gasteiger partial charge is 0.278 e. The van der Waals surface area contributed by atoms with Crippen LogP contribution in [0, 0.1) is 0 Å². The summed E-state index contributed by atoms with van der Waals surface area (Å²) in [6.07, 6.45) is 1.40. The quantitative estimate of drug-likeness (QED) is 0.544. The Kier molecular flexibility index (Phi) is 2.32. The molecule has 1 radical (unpaired) electrons. The van der Waals surface area contributed by atoms with Crippen molar-refractivity contribution in [2.24, 2.45) is 0 Å². The van der Waals surface area contributed by atoms with Crippen molar-refractivity contribution in [1.29, 1.82) is 0 Å². The van der Waals surface area contributed by atoms with Gasteiger partial charge in [0, 0.05) is 22.4 Å². The molecule has 0 aliphatic carbocycles. The Balaban J connectivity index is 0.000000720. The number of fused-ring (bicyclic) bond motifs is 1. The van der Waals surface area contributed by atoms with E-state index in [9.17, 15) is 4.79 Å². The van der Waals surface area contributed by atoms with Gasteiger partial charge in [0.05, 0.1) is 6.33 Å². The molecule has 12 heavy (non-hydrogen) atoms. The Labute approximate surface area is 82.1 Å². The first kappa shape index (κ1) is 8.98. The molecule has 0 saturated heterocycles. The number of nitrogens with zero attached hydrogens (tertiary/aromatic N) is 2. The minimum Gasteiger partial charge on any atom is -0.369 e. The van der Waals surface area contributed by atoms with E-state index in [0.717, 1.165) is 0 Å². The van der Waals surface area contributed by atoms with Crippen LogP contribution in [-0.2, 0) is 22.4 Å². The summed E-state index contributed by atoms with van der Waals surface area (Å²) in [6, 6.07) is 0. The van der Waals surface area contributed by atoms with Gasteiger partial charge in [-0.1, -0.05) is 0 Å². The van der Waals surface area contributed by atoms with E-state index in [1.54, 1.807) is 0 Å². The third-order valence-corrected chi connectivity index (χ3v) is 1.31. The molecule has 0 unspecified atom stereocenters. The number of imidazole rings is 1. The molecular formula is C5H5AuN5O. The minimum atomic E-state index is -0.301. The fourth-order valence-corrected chi connectivity index (χ4v) is 0.860. The molecule has 6 nitrogen and oxygen atoms in total. The third kappa shape index (κ3) is 1.27. The van der Waals surface area contributed by atoms with Crippen LogP contribution in [0.5, 0.6) is 0 Å². The van der Waals surface area contributed by atoms with E-state index in [1.807, 2.05) is 0 Å². The second kappa shape index (κ2) is 3.10. The van der Waals surface area contributed by atoms with Gasteiger partial charge in [0.2, 0.25) is 5.95 Å². The number of aromatic amines is 2. The van der Waals surface area contributed by atoms with E-state index in [-0.39, 0.29) is 33.9 Å². The largest absolute Gasteiger partial charge is 0.369 e. The second-order valence-corrected chi connectivity index (χ2v) is 2.05. The normalized spacial score (nSPS) is 9.67. The zero-order chi connectivity index (χ0) is 7.84. The Morgan fingerprint density at radius 2 is 2.25 bits per heavy atom.